The molecule has 3 aromatic rings. The van der Waals surface area contributed by atoms with Gasteiger partial charge in [-0.15, -0.1) is 6.58 Å². The van der Waals surface area contributed by atoms with Crippen LogP contribution in [0.5, 0.6) is 0 Å². The van der Waals surface area contributed by atoms with E-state index >= 15 is 0 Å². The summed E-state index contributed by atoms with van der Waals surface area (Å²) < 4.78 is 10.0. The monoisotopic (exact) mass is 393 g/mol. The van der Waals surface area contributed by atoms with Crippen LogP contribution in [0.3, 0.4) is 0 Å². The summed E-state index contributed by atoms with van der Waals surface area (Å²) in [7, 11) is 0. The number of para-hydroxylation sites is 1. The molecule has 0 aliphatic heterocycles. The molecule has 6 heteroatoms. The summed E-state index contributed by atoms with van der Waals surface area (Å²) in [6, 6.07) is 13.8. The number of hydrogen-bond acceptors (Lipinski definition) is 6. The number of rotatable bonds is 5. The standard InChI is InChI=1S/C14H12O3.C9H11NO2/c1-3-5-10-6-4-7-11-8-12(9(2)15)14(16)17-13(10)11;1-2-12-9(11)7-3-5-8(10)6-4-7/h3-4,6-8H,1,5H2,2H3;3-6H,2,10H2,1H3. The maximum Gasteiger partial charge on any atom is 0.347 e. The lowest BCUT2D eigenvalue weighted by Gasteiger charge is -2.03. The Labute approximate surface area is 168 Å². The molecule has 0 aliphatic carbocycles. The van der Waals surface area contributed by atoms with E-state index in [0.29, 0.717) is 29.9 Å². The average molecular weight is 393 g/mol. The van der Waals surface area contributed by atoms with Gasteiger partial charge in [0.25, 0.3) is 0 Å². The number of carbonyl (C=O) groups is 2. The van der Waals surface area contributed by atoms with E-state index in [1.54, 1.807) is 43.3 Å². The van der Waals surface area contributed by atoms with Gasteiger partial charge in [0.15, 0.2) is 5.78 Å². The third-order valence-electron chi connectivity index (χ3n) is 4.01. The molecule has 1 heterocycles. The van der Waals surface area contributed by atoms with E-state index in [4.69, 9.17) is 14.9 Å². The predicted molar refractivity (Wildman–Crippen MR) is 113 cm³/mol. The molecule has 6 nitrogen and oxygen atoms in total. The van der Waals surface area contributed by atoms with Gasteiger partial charge in [-0.05, 0) is 56.2 Å². The number of benzene rings is 2. The molecule has 0 bridgehead atoms. The van der Waals surface area contributed by atoms with Gasteiger partial charge < -0.3 is 14.9 Å². The Morgan fingerprint density at radius 2 is 1.86 bits per heavy atom. The Kier molecular flexibility index (Phi) is 7.48. The highest BCUT2D eigenvalue weighted by atomic mass is 16.5. The average Bonchev–Trinajstić information content (AvgIpc) is 2.69. The summed E-state index contributed by atoms with van der Waals surface area (Å²) in [5.41, 5.74) is 7.56. The molecule has 2 aromatic carbocycles. The van der Waals surface area contributed by atoms with Gasteiger partial charge in [0.05, 0.1) is 12.2 Å². The molecule has 0 radical (unpaired) electrons. The Bertz CT molecular complexity index is 1080. The zero-order chi connectivity index (χ0) is 21.4. The predicted octanol–water partition coefficient (Wildman–Crippen LogP) is 4.17. The molecule has 3 rings (SSSR count). The van der Waals surface area contributed by atoms with Crippen molar-refractivity contribution in [2.75, 3.05) is 12.3 Å². The molecule has 0 fully saturated rings. The van der Waals surface area contributed by atoms with E-state index in [0.717, 1.165) is 10.9 Å². The van der Waals surface area contributed by atoms with Crippen molar-refractivity contribution in [3.8, 4) is 0 Å². The molecule has 0 amide bonds. The molecule has 0 unspecified atom stereocenters. The Hall–Kier alpha value is -3.67. The van der Waals surface area contributed by atoms with Crippen molar-refractivity contribution >= 4 is 28.4 Å². The fourth-order valence-corrected chi connectivity index (χ4v) is 2.60. The second kappa shape index (κ2) is 10.0. The number of carbonyl (C=O) groups excluding carboxylic acids is 2. The number of ketones is 1. The zero-order valence-corrected chi connectivity index (χ0v) is 16.4. The van der Waals surface area contributed by atoms with Gasteiger partial charge in [0.1, 0.15) is 11.1 Å². The first-order valence-electron chi connectivity index (χ1n) is 9.07. The van der Waals surface area contributed by atoms with Gasteiger partial charge in [-0.25, -0.2) is 9.59 Å². The lowest BCUT2D eigenvalue weighted by molar-refractivity contribution is 0.0526. The summed E-state index contributed by atoms with van der Waals surface area (Å²) in [6.07, 6.45) is 2.37. The topological polar surface area (TPSA) is 99.6 Å². The molecule has 2 N–H and O–H groups in total. The van der Waals surface area contributed by atoms with E-state index in [1.165, 1.54) is 6.92 Å². The summed E-state index contributed by atoms with van der Waals surface area (Å²) >= 11 is 0. The number of fused-ring (bicyclic) bond motifs is 1. The number of nitrogens with two attached hydrogens (primary N) is 1. The molecule has 150 valence electrons. The fourth-order valence-electron chi connectivity index (χ4n) is 2.60. The number of esters is 1. The highest BCUT2D eigenvalue weighted by Crippen LogP contribution is 2.19. The van der Waals surface area contributed by atoms with E-state index in [-0.39, 0.29) is 17.3 Å². The van der Waals surface area contributed by atoms with Gasteiger partial charge in [0, 0.05) is 11.1 Å². The van der Waals surface area contributed by atoms with Gasteiger partial charge in [-0.3, -0.25) is 4.79 Å². The largest absolute Gasteiger partial charge is 0.462 e. The number of Topliss-reactive ketones (excluding diaryl/α,β-unsaturated/α-hetero) is 1. The summed E-state index contributed by atoms with van der Waals surface area (Å²) in [4.78, 5) is 34.0. The van der Waals surface area contributed by atoms with E-state index < -0.39 is 5.63 Å². The third kappa shape index (κ3) is 5.65. The van der Waals surface area contributed by atoms with Crippen LogP contribution in [0.15, 0.2) is 70.4 Å². The fraction of sp³-hybridized carbons (Fsp3) is 0.174. The van der Waals surface area contributed by atoms with E-state index in [1.807, 2.05) is 18.2 Å². The normalized spacial score (nSPS) is 10.0. The molecule has 0 saturated carbocycles. The smallest absolute Gasteiger partial charge is 0.347 e. The lowest BCUT2D eigenvalue weighted by atomic mass is 10.1. The van der Waals surface area contributed by atoms with Crippen LogP contribution in [0.1, 0.15) is 40.1 Å². The molecule has 0 atom stereocenters. The van der Waals surface area contributed by atoms with Crippen LogP contribution in [-0.2, 0) is 11.2 Å². The van der Waals surface area contributed by atoms with Crippen molar-refractivity contribution in [3.63, 3.8) is 0 Å². The third-order valence-corrected chi connectivity index (χ3v) is 4.01. The minimum atomic E-state index is -0.582. The molecular weight excluding hydrogens is 370 g/mol. The van der Waals surface area contributed by atoms with Crippen molar-refractivity contribution in [1.82, 2.24) is 0 Å². The Balaban J connectivity index is 0.000000221. The molecule has 0 saturated heterocycles. The van der Waals surface area contributed by atoms with Crippen molar-refractivity contribution in [1.29, 1.82) is 0 Å². The van der Waals surface area contributed by atoms with Crippen molar-refractivity contribution in [3.05, 3.63) is 88.3 Å². The number of ether oxygens (including phenoxy) is 1. The van der Waals surface area contributed by atoms with Crippen molar-refractivity contribution in [2.45, 2.75) is 20.3 Å². The van der Waals surface area contributed by atoms with Crippen LogP contribution in [0.2, 0.25) is 0 Å². The summed E-state index contributed by atoms with van der Waals surface area (Å²) in [6.45, 7) is 7.18. The SMILES string of the molecule is C=CCc1cccc2cc(C(C)=O)c(=O)oc12.CCOC(=O)c1ccc(N)cc1. The first-order chi connectivity index (χ1) is 13.9. The van der Waals surface area contributed by atoms with Gasteiger partial charge in [0.2, 0.25) is 0 Å². The second-order valence-corrected chi connectivity index (χ2v) is 6.17. The maximum absolute atomic E-state index is 11.6. The summed E-state index contributed by atoms with van der Waals surface area (Å²) in [5, 5.41) is 0.758. The number of allylic oxidation sites excluding steroid dienone is 1. The molecule has 0 aliphatic rings. The first kappa shape index (κ1) is 21.6. The van der Waals surface area contributed by atoms with E-state index in [9.17, 15) is 14.4 Å². The first-order valence-corrected chi connectivity index (χ1v) is 9.07. The molecular formula is C23H23NO5. The van der Waals surface area contributed by atoms with Gasteiger partial charge >= 0.3 is 11.6 Å². The quantitative estimate of drug-likeness (QED) is 0.230. The van der Waals surface area contributed by atoms with Crippen LogP contribution in [0, 0.1) is 0 Å². The molecule has 0 spiro atoms. The second-order valence-electron chi connectivity index (χ2n) is 6.17. The molecule has 29 heavy (non-hydrogen) atoms. The minimum Gasteiger partial charge on any atom is -0.462 e. The minimum absolute atomic E-state index is 0.0910. The van der Waals surface area contributed by atoms with Crippen LogP contribution in [0.25, 0.3) is 11.0 Å². The van der Waals surface area contributed by atoms with Gasteiger partial charge in [-0.1, -0.05) is 24.3 Å². The highest BCUT2D eigenvalue weighted by molar-refractivity contribution is 5.96. The lowest BCUT2D eigenvalue weighted by Crippen LogP contribution is -2.11. The number of nitrogen functional groups attached to an aromatic ring is 1. The molecule has 1 aromatic heterocycles. The van der Waals surface area contributed by atoms with Crippen molar-refractivity contribution < 1.29 is 18.7 Å². The summed E-state index contributed by atoms with van der Waals surface area (Å²) in [5.74, 6) is -0.590. The number of hydrogen-bond donors (Lipinski definition) is 1. The van der Waals surface area contributed by atoms with Crippen LogP contribution in [-0.4, -0.2) is 18.4 Å². The Morgan fingerprint density at radius 3 is 2.45 bits per heavy atom. The number of anilines is 1. The van der Waals surface area contributed by atoms with Crippen LogP contribution >= 0.6 is 0 Å². The zero-order valence-electron chi connectivity index (χ0n) is 16.4. The highest BCUT2D eigenvalue weighted by Gasteiger charge is 2.11. The Morgan fingerprint density at radius 1 is 1.17 bits per heavy atom. The van der Waals surface area contributed by atoms with Crippen LogP contribution in [0.4, 0.5) is 5.69 Å². The maximum atomic E-state index is 11.6. The van der Waals surface area contributed by atoms with Gasteiger partial charge in [-0.2, -0.15) is 0 Å². The van der Waals surface area contributed by atoms with Crippen molar-refractivity contribution in [2.24, 2.45) is 0 Å². The van der Waals surface area contributed by atoms with E-state index in [2.05, 4.69) is 6.58 Å². The van der Waals surface area contributed by atoms with Crippen LogP contribution < -0.4 is 11.4 Å².